The lowest BCUT2D eigenvalue weighted by atomic mass is 9.86. The van der Waals surface area contributed by atoms with Crippen LogP contribution in [0.1, 0.15) is 36.8 Å². The molecule has 0 atom stereocenters. The van der Waals surface area contributed by atoms with Gasteiger partial charge in [-0.25, -0.2) is 4.98 Å². The number of nitrogens with one attached hydrogen (secondary N) is 2. The van der Waals surface area contributed by atoms with E-state index >= 15 is 0 Å². The fourth-order valence-corrected chi connectivity index (χ4v) is 4.89. The van der Waals surface area contributed by atoms with Gasteiger partial charge in [-0.05, 0) is 73.1 Å². The van der Waals surface area contributed by atoms with E-state index in [1.165, 1.54) is 0 Å². The maximum Gasteiger partial charge on any atom is 0.139 e. The average molecular weight is 462 g/mol. The van der Waals surface area contributed by atoms with Crippen molar-refractivity contribution < 1.29 is 9.84 Å². The quantitative estimate of drug-likeness (QED) is 0.291. The summed E-state index contributed by atoms with van der Waals surface area (Å²) in [6.45, 7) is 0.296. The summed E-state index contributed by atoms with van der Waals surface area (Å²) in [5, 5.41) is 14.9. The van der Waals surface area contributed by atoms with Gasteiger partial charge in [-0.2, -0.15) is 0 Å². The molecule has 0 amide bonds. The number of hydrogen-bond donors (Lipinski definition) is 3. The monoisotopic (exact) mass is 461 g/mol. The predicted molar refractivity (Wildman–Crippen MR) is 133 cm³/mol. The second-order valence-electron chi connectivity index (χ2n) is 8.79. The number of fused-ring (bicyclic) bond motifs is 1. The maximum absolute atomic E-state index is 9.42. The Morgan fingerprint density at radius 3 is 2.58 bits per heavy atom. The van der Waals surface area contributed by atoms with Gasteiger partial charge in [-0.1, -0.05) is 35.9 Å². The predicted octanol–water partition coefficient (Wildman–Crippen LogP) is 6.56. The number of anilines is 1. The zero-order valence-corrected chi connectivity index (χ0v) is 19.2. The molecule has 5 nitrogen and oxygen atoms in total. The lowest BCUT2D eigenvalue weighted by molar-refractivity contribution is 0.186. The largest absolute Gasteiger partial charge is 0.457 e. The molecule has 5 rings (SSSR count). The third-order valence-corrected chi connectivity index (χ3v) is 6.86. The Morgan fingerprint density at radius 2 is 1.82 bits per heavy atom. The van der Waals surface area contributed by atoms with Gasteiger partial charge >= 0.3 is 0 Å². The summed E-state index contributed by atoms with van der Waals surface area (Å²) in [6.07, 6.45) is 8.84. The van der Waals surface area contributed by atoms with Crippen LogP contribution < -0.4 is 10.1 Å². The highest BCUT2D eigenvalue weighted by molar-refractivity contribution is 6.31. The van der Waals surface area contributed by atoms with Gasteiger partial charge in [-0.3, -0.25) is 0 Å². The molecule has 3 N–H and O–H groups in total. The number of ether oxygens (including phenoxy) is 1. The van der Waals surface area contributed by atoms with Gasteiger partial charge in [0, 0.05) is 47.6 Å². The number of para-hydroxylation sites is 1. The van der Waals surface area contributed by atoms with E-state index in [9.17, 15) is 5.11 Å². The van der Waals surface area contributed by atoms with Crippen LogP contribution in [0.4, 0.5) is 5.69 Å². The molecule has 0 bridgehead atoms. The molecule has 0 unspecified atom stereocenters. The molecule has 0 radical (unpaired) electrons. The molecule has 33 heavy (non-hydrogen) atoms. The second-order valence-corrected chi connectivity index (χ2v) is 9.19. The van der Waals surface area contributed by atoms with Crippen molar-refractivity contribution in [1.29, 1.82) is 0 Å². The summed E-state index contributed by atoms with van der Waals surface area (Å²) in [5.41, 5.74) is 4.17. The molecule has 2 aromatic heterocycles. The molecule has 0 spiro atoms. The Bertz CT molecular complexity index is 1220. The van der Waals surface area contributed by atoms with Crippen molar-refractivity contribution in [3.63, 3.8) is 0 Å². The maximum atomic E-state index is 9.42. The van der Waals surface area contributed by atoms with Crippen LogP contribution in [-0.4, -0.2) is 27.7 Å². The molecule has 1 saturated carbocycles. The van der Waals surface area contributed by atoms with Crippen molar-refractivity contribution in [3.8, 4) is 11.5 Å². The Kier molecular flexibility index (Phi) is 6.51. The Balaban J connectivity index is 1.35. The number of benzene rings is 2. The summed E-state index contributed by atoms with van der Waals surface area (Å²) in [6, 6.07) is 18.0. The van der Waals surface area contributed by atoms with Crippen LogP contribution in [0.2, 0.25) is 5.02 Å². The molecule has 2 aromatic carbocycles. The van der Waals surface area contributed by atoms with Crippen molar-refractivity contribution >= 4 is 28.3 Å². The fourth-order valence-electron chi connectivity index (χ4n) is 4.66. The number of nitrogens with zero attached hydrogens (tertiary/aromatic N) is 1. The second kappa shape index (κ2) is 9.86. The minimum absolute atomic E-state index is 0.296. The number of aliphatic hydroxyl groups excluding tert-OH is 1. The molecular formula is C27H28ClN3O2. The topological polar surface area (TPSA) is 70.2 Å². The molecule has 1 aliphatic carbocycles. The highest BCUT2D eigenvalue weighted by Crippen LogP contribution is 2.33. The van der Waals surface area contributed by atoms with E-state index in [-0.39, 0.29) is 0 Å². The van der Waals surface area contributed by atoms with Crippen LogP contribution in [0, 0.1) is 5.92 Å². The average Bonchev–Trinajstić information content (AvgIpc) is 3.26. The number of hydrogen-bond acceptors (Lipinski definition) is 4. The van der Waals surface area contributed by atoms with E-state index in [0.29, 0.717) is 30.0 Å². The first-order chi connectivity index (χ1) is 16.2. The van der Waals surface area contributed by atoms with Crippen molar-refractivity contribution in [2.45, 2.75) is 38.1 Å². The van der Waals surface area contributed by atoms with E-state index in [1.807, 2.05) is 60.9 Å². The standard InChI is InChI=1S/C27H28ClN3O2/c28-24-15-23(33-22-4-2-1-3-5-22)11-8-19(24)14-20-16-30-27-26(20)25(12-13-29-27)31-21-9-6-18(17-32)7-10-21/h1-5,8,11-13,15-16,18,21,32H,6-7,9-10,14,17H2,(H2,29,30,31)/t18-,21-. The molecule has 1 fully saturated rings. The summed E-state index contributed by atoms with van der Waals surface area (Å²) >= 11 is 6.64. The molecule has 4 aromatic rings. The number of pyridine rings is 1. The van der Waals surface area contributed by atoms with E-state index in [2.05, 4.69) is 21.4 Å². The van der Waals surface area contributed by atoms with Gasteiger partial charge in [-0.15, -0.1) is 0 Å². The van der Waals surface area contributed by atoms with Crippen LogP contribution in [-0.2, 0) is 6.42 Å². The zero-order valence-electron chi connectivity index (χ0n) is 18.4. The Labute approximate surface area is 198 Å². The van der Waals surface area contributed by atoms with Gasteiger partial charge in [0.1, 0.15) is 17.1 Å². The van der Waals surface area contributed by atoms with E-state index in [0.717, 1.165) is 65.0 Å². The number of aromatic amines is 1. The Hall–Kier alpha value is -3.02. The Morgan fingerprint density at radius 1 is 1.00 bits per heavy atom. The summed E-state index contributed by atoms with van der Waals surface area (Å²) in [5.74, 6) is 1.95. The van der Waals surface area contributed by atoms with E-state index in [1.54, 1.807) is 0 Å². The summed E-state index contributed by atoms with van der Waals surface area (Å²) in [7, 11) is 0. The van der Waals surface area contributed by atoms with Crippen molar-refractivity contribution in [3.05, 3.63) is 83.1 Å². The fraction of sp³-hybridized carbons (Fsp3) is 0.296. The molecule has 0 saturated heterocycles. The third-order valence-electron chi connectivity index (χ3n) is 6.50. The van der Waals surface area contributed by atoms with Crippen LogP contribution in [0.25, 0.3) is 11.0 Å². The molecule has 6 heteroatoms. The van der Waals surface area contributed by atoms with Crippen molar-refractivity contribution in [1.82, 2.24) is 9.97 Å². The van der Waals surface area contributed by atoms with Gasteiger partial charge in [0.05, 0.1) is 0 Å². The van der Waals surface area contributed by atoms with Crippen molar-refractivity contribution in [2.24, 2.45) is 5.92 Å². The number of halogens is 1. The molecule has 2 heterocycles. The molecule has 1 aliphatic rings. The summed E-state index contributed by atoms with van der Waals surface area (Å²) in [4.78, 5) is 7.84. The van der Waals surface area contributed by atoms with E-state index < -0.39 is 0 Å². The number of aliphatic hydroxyl groups is 1. The smallest absolute Gasteiger partial charge is 0.139 e. The van der Waals surface area contributed by atoms with Crippen molar-refractivity contribution in [2.75, 3.05) is 11.9 Å². The molecule has 170 valence electrons. The van der Waals surface area contributed by atoms with Crippen LogP contribution in [0.3, 0.4) is 0 Å². The van der Waals surface area contributed by atoms with E-state index in [4.69, 9.17) is 16.3 Å². The lowest BCUT2D eigenvalue weighted by Gasteiger charge is -2.29. The zero-order chi connectivity index (χ0) is 22.6. The third kappa shape index (κ3) is 5.00. The first-order valence-electron chi connectivity index (χ1n) is 11.5. The number of H-pyrrole nitrogens is 1. The normalized spacial score (nSPS) is 18.4. The van der Waals surface area contributed by atoms with Crippen LogP contribution in [0.15, 0.2) is 67.0 Å². The molecule has 0 aliphatic heterocycles. The highest BCUT2D eigenvalue weighted by Gasteiger charge is 2.22. The minimum atomic E-state index is 0.296. The van der Waals surface area contributed by atoms with Crippen LogP contribution >= 0.6 is 11.6 Å². The number of rotatable bonds is 7. The summed E-state index contributed by atoms with van der Waals surface area (Å²) < 4.78 is 5.91. The lowest BCUT2D eigenvalue weighted by Crippen LogP contribution is -2.27. The van der Waals surface area contributed by atoms with Gasteiger partial charge in [0.15, 0.2) is 0 Å². The highest BCUT2D eigenvalue weighted by atomic mass is 35.5. The van der Waals surface area contributed by atoms with Gasteiger partial charge < -0.3 is 20.1 Å². The molecular weight excluding hydrogens is 434 g/mol. The first kappa shape index (κ1) is 21.8. The SMILES string of the molecule is OC[C@H]1CC[C@H](Nc2ccnc3[nH]cc(Cc4ccc(Oc5ccccc5)cc4Cl)c23)CC1. The first-order valence-corrected chi connectivity index (χ1v) is 11.9. The minimum Gasteiger partial charge on any atom is -0.457 e. The van der Waals surface area contributed by atoms with Gasteiger partial charge in [0.2, 0.25) is 0 Å². The van der Waals surface area contributed by atoms with Crippen LogP contribution in [0.5, 0.6) is 11.5 Å². The number of aromatic nitrogens is 2. The van der Waals surface area contributed by atoms with Gasteiger partial charge in [0.25, 0.3) is 0 Å².